The summed E-state index contributed by atoms with van der Waals surface area (Å²) in [5, 5.41) is 4.06. The fourth-order valence-electron chi connectivity index (χ4n) is 0.808. The minimum absolute atomic E-state index is 0.811. The third kappa shape index (κ3) is 1.77. The predicted molar refractivity (Wildman–Crippen MR) is 45.4 cm³/mol. The summed E-state index contributed by atoms with van der Waals surface area (Å²) in [6.07, 6.45) is 0. The van der Waals surface area contributed by atoms with Gasteiger partial charge < -0.3 is 0 Å². The lowest BCUT2D eigenvalue weighted by Crippen LogP contribution is -2.05. The molecule has 0 fully saturated rings. The van der Waals surface area contributed by atoms with E-state index in [1.54, 1.807) is 7.05 Å². The molecule has 3 heteroatoms. The molecule has 11 heavy (non-hydrogen) atoms. The van der Waals surface area contributed by atoms with Crippen molar-refractivity contribution in [2.24, 2.45) is 5.29 Å². The summed E-state index contributed by atoms with van der Waals surface area (Å²) in [4.78, 5) is 10.1. The Morgan fingerprint density at radius 3 is 2.27 bits per heavy atom. The second-order valence-electron chi connectivity index (χ2n) is 2.44. The standard InChI is InChI=1S/C8H10N2O/c1-7-3-5-8(6-4-7)10(2)9-11/h3-6H,1-2H3. The van der Waals surface area contributed by atoms with E-state index in [0.717, 1.165) is 5.69 Å². The summed E-state index contributed by atoms with van der Waals surface area (Å²) in [6, 6.07) is 7.60. The van der Waals surface area contributed by atoms with Gasteiger partial charge >= 0.3 is 0 Å². The second-order valence-corrected chi connectivity index (χ2v) is 2.44. The van der Waals surface area contributed by atoms with Gasteiger partial charge in [0.05, 0.1) is 11.0 Å². The molecule has 0 unspecified atom stereocenters. The first kappa shape index (κ1) is 7.72. The molecule has 0 spiro atoms. The van der Waals surface area contributed by atoms with E-state index in [9.17, 15) is 4.91 Å². The number of aryl methyl sites for hydroxylation is 1. The van der Waals surface area contributed by atoms with Gasteiger partial charge in [0.1, 0.15) is 0 Å². The van der Waals surface area contributed by atoms with Crippen LogP contribution in [0.4, 0.5) is 5.69 Å². The maximum Gasteiger partial charge on any atom is 0.0623 e. The van der Waals surface area contributed by atoms with Gasteiger partial charge in [-0.3, -0.25) is 0 Å². The van der Waals surface area contributed by atoms with Crippen LogP contribution >= 0.6 is 0 Å². The molecule has 1 rings (SSSR count). The average Bonchev–Trinajstić information content (AvgIpc) is 2.05. The highest BCUT2D eigenvalue weighted by atomic mass is 16.3. The molecule has 0 saturated heterocycles. The molecular formula is C8H10N2O. The van der Waals surface area contributed by atoms with E-state index in [4.69, 9.17) is 0 Å². The Hall–Kier alpha value is -1.38. The first-order valence-corrected chi connectivity index (χ1v) is 3.37. The van der Waals surface area contributed by atoms with Gasteiger partial charge in [0.25, 0.3) is 0 Å². The number of anilines is 1. The van der Waals surface area contributed by atoms with Gasteiger partial charge in [-0.2, -0.15) is 0 Å². The number of hydrogen-bond acceptors (Lipinski definition) is 2. The van der Waals surface area contributed by atoms with Crippen molar-refractivity contribution in [2.75, 3.05) is 12.1 Å². The minimum Gasteiger partial charge on any atom is -0.232 e. The van der Waals surface area contributed by atoms with Crippen LogP contribution in [0.25, 0.3) is 0 Å². The zero-order valence-electron chi connectivity index (χ0n) is 6.61. The molecule has 1 aromatic rings. The largest absolute Gasteiger partial charge is 0.232 e. The van der Waals surface area contributed by atoms with Gasteiger partial charge in [-0.15, -0.1) is 4.91 Å². The van der Waals surface area contributed by atoms with E-state index in [1.807, 2.05) is 31.2 Å². The molecule has 0 aliphatic rings. The summed E-state index contributed by atoms with van der Waals surface area (Å²) in [5.41, 5.74) is 1.98. The molecule has 0 amide bonds. The first-order valence-electron chi connectivity index (χ1n) is 3.37. The van der Waals surface area contributed by atoms with E-state index in [1.165, 1.54) is 10.6 Å². The lowest BCUT2D eigenvalue weighted by Gasteiger charge is -2.07. The third-order valence-corrected chi connectivity index (χ3v) is 1.53. The van der Waals surface area contributed by atoms with Crippen molar-refractivity contribution in [3.05, 3.63) is 34.7 Å². The van der Waals surface area contributed by atoms with Gasteiger partial charge in [-0.05, 0) is 19.1 Å². The molecule has 0 heterocycles. The fraction of sp³-hybridized carbons (Fsp3) is 0.250. The highest BCUT2D eigenvalue weighted by Crippen LogP contribution is 2.12. The number of rotatable bonds is 2. The molecule has 58 valence electrons. The first-order chi connectivity index (χ1) is 5.24. The average molecular weight is 150 g/mol. The van der Waals surface area contributed by atoms with Crippen molar-refractivity contribution in [1.82, 2.24) is 0 Å². The van der Waals surface area contributed by atoms with Crippen LogP contribution in [-0.4, -0.2) is 7.05 Å². The number of nitrogens with zero attached hydrogens (tertiary/aromatic N) is 2. The molecule has 0 aromatic heterocycles. The monoisotopic (exact) mass is 150 g/mol. The van der Waals surface area contributed by atoms with Gasteiger partial charge in [0.15, 0.2) is 0 Å². The van der Waals surface area contributed by atoms with E-state index in [2.05, 4.69) is 5.29 Å². The van der Waals surface area contributed by atoms with E-state index in [0.29, 0.717) is 0 Å². The second kappa shape index (κ2) is 3.14. The lowest BCUT2D eigenvalue weighted by atomic mass is 10.2. The van der Waals surface area contributed by atoms with E-state index in [-0.39, 0.29) is 0 Å². The Labute approximate surface area is 65.6 Å². The van der Waals surface area contributed by atoms with Crippen LogP contribution in [0.2, 0.25) is 0 Å². The predicted octanol–water partition coefficient (Wildman–Crippen LogP) is 2.11. The Kier molecular flexibility index (Phi) is 2.21. The normalized spacial score (nSPS) is 9.27. The summed E-state index contributed by atoms with van der Waals surface area (Å²) >= 11 is 0. The molecule has 0 radical (unpaired) electrons. The lowest BCUT2D eigenvalue weighted by molar-refractivity contribution is 1.00. The summed E-state index contributed by atoms with van der Waals surface area (Å²) < 4.78 is 0. The van der Waals surface area contributed by atoms with Crippen molar-refractivity contribution in [3.8, 4) is 0 Å². The third-order valence-electron chi connectivity index (χ3n) is 1.53. The smallest absolute Gasteiger partial charge is 0.0623 e. The van der Waals surface area contributed by atoms with Crippen LogP contribution in [-0.2, 0) is 0 Å². The van der Waals surface area contributed by atoms with Crippen molar-refractivity contribution >= 4 is 5.69 Å². The highest BCUT2D eigenvalue weighted by molar-refractivity contribution is 5.45. The van der Waals surface area contributed by atoms with Crippen LogP contribution < -0.4 is 5.01 Å². The summed E-state index contributed by atoms with van der Waals surface area (Å²) in [7, 11) is 1.62. The molecule has 1 aromatic carbocycles. The van der Waals surface area contributed by atoms with Gasteiger partial charge in [-0.25, -0.2) is 5.01 Å². The minimum atomic E-state index is 0.811. The topological polar surface area (TPSA) is 32.7 Å². The maximum absolute atomic E-state index is 10.1. The van der Waals surface area contributed by atoms with Gasteiger partial charge in [0, 0.05) is 7.05 Å². The molecule has 0 bridgehead atoms. The number of hydrogen-bond donors (Lipinski definition) is 0. The molecule has 3 nitrogen and oxygen atoms in total. The molecule has 0 aliphatic carbocycles. The Balaban J connectivity index is 2.89. The Morgan fingerprint density at radius 2 is 1.82 bits per heavy atom. The van der Waals surface area contributed by atoms with Gasteiger partial charge in [-0.1, -0.05) is 17.7 Å². The van der Waals surface area contributed by atoms with Gasteiger partial charge in [0.2, 0.25) is 0 Å². The van der Waals surface area contributed by atoms with Crippen molar-refractivity contribution in [1.29, 1.82) is 0 Å². The zero-order chi connectivity index (χ0) is 8.27. The molecule has 0 saturated carbocycles. The highest BCUT2D eigenvalue weighted by Gasteiger charge is 1.96. The molecular weight excluding hydrogens is 140 g/mol. The SMILES string of the molecule is Cc1ccc(N(C)N=O)cc1. The van der Waals surface area contributed by atoms with Crippen molar-refractivity contribution in [3.63, 3.8) is 0 Å². The number of nitroso groups, excluding NO2 is 1. The molecule has 0 atom stereocenters. The van der Waals surface area contributed by atoms with Crippen molar-refractivity contribution in [2.45, 2.75) is 6.92 Å². The van der Waals surface area contributed by atoms with E-state index < -0.39 is 0 Å². The van der Waals surface area contributed by atoms with E-state index >= 15 is 0 Å². The molecule has 0 N–H and O–H groups in total. The zero-order valence-corrected chi connectivity index (χ0v) is 6.61. The quantitative estimate of drug-likeness (QED) is 0.477. The van der Waals surface area contributed by atoms with Crippen molar-refractivity contribution < 1.29 is 0 Å². The van der Waals surface area contributed by atoms with Crippen LogP contribution in [0.1, 0.15) is 5.56 Å². The maximum atomic E-state index is 10.1. The Morgan fingerprint density at radius 1 is 1.27 bits per heavy atom. The Bertz CT molecular complexity index is 243. The summed E-state index contributed by atoms with van der Waals surface area (Å²) in [5.74, 6) is 0. The number of benzene rings is 1. The summed E-state index contributed by atoms with van der Waals surface area (Å²) in [6.45, 7) is 2.00. The van der Waals surface area contributed by atoms with Crippen LogP contribution in [0.15, 0.2) is 29.6 Å². The fourth-order valence-corrected chi connectivity index (χ4v) is 0.808. The van der Waals surface area contributed by atoms with Crippen LogP contribution in [0.3, 0.4) is 0 Å². The van der Waals surface area contributed by atoms with Crippen LogP contribution in [0, 0.1) is 11.8 Å². The van der Waals surface area contributed by atoms with Crippen LogP contribution in [0.5, 0.6) is 0 Å². The molecule has 0 aliphatic heterocycles.